The molecule has 0 bridgehead atoms. The zero-order valence-electron chi connectivity index (χ0n) is 14.4. The quantitative estimate of drug-likeness (QED) is 0.454. The molecule has 1 aliphatic rings. The number of hydrogen-bond acceptors (Lipinski definition) is 6. The van der Waals surface area contributed by atoms with E-state index in [1.54, 1.807) is 36.4 Å². The maximum Gasteiger partial charge on any atom is 0.313 e. The van der Waals surface area contributed by atoms with Gasteiger partial charge in [0.25, 0.3) is 0 Å². The van der Waals surface area contributed by atoms with Gasteiger partial charge in [-0.05, 0) is 36.1 Å². The molecule has 2 aromatic carbocycles. The molecule has 26 heavy (non-hydrogen) atoms. The molecule has 0 saturated carbocycles. The first-order chi connectivity index (χ1) is 12.3. The zero-order valence-corrected chi connectivity index (χ0v) is 15.2. The van der Waals surface area contributed by atoms with Gasteiger partial charge in [-0.15, -0.1) is 0 Å². The second-order valence-corrected chi connectivity index (χ2v) is 7.72. The van der Waals surface area contributed by atoms with Crippen molar-refractivity contribution in [2.24, 2.45) is 0 Å². The molecule has 136 valence electrons. The van der Waals surface area contributed by atoms with Gasteiger partial charge in [0.15, 0.2) is 11.5 Å². The zero-order chi connectivity index (χ0) is 18.9. The summed E-state index contributed by atoms with van der Waals surface area (Å²) in [5.74, 6) is -1.29. The Balaban J connectivity index is 2.12. The molecule has 0 aliphatic heterocycles. The SMILES string of the molecule is COC(=O)C1CCc2cc(C(=O)c3ccccc3)c(OS(C)(=O)=O)cc21. The fourth-order valence-corrected chi connectivity index (χ4v) is 3.64. The third-order valence-electron chi connectivity index (χ3n) is 4.33. The first kappa shape index (κ1) is 18.1. The molecule has 1 atom stereocenters. The van der Waals surface area contributed by atoms with Crippen molar-refractivity contribution >= 4 is 21.9 Å². The number of hydrogen-bond donors (Lipinski definition) is 0. The lowest BCUT2D eigenvalue weighted by atomic mass is 9.95. The van der Waals surface area contributed by atoms with Crippen molar-refractivity contribution in [3.8, 4) is 5.75 Å². The molecular weight excluding hydrogens is 356 g/mol. The second-order valence-electron chi connectivity index (χ2n) is 6.14. The van der Waals surface area contributed by atoms with Crippen molar-refractivity contribution in [1.29, 1.82) is 0 Å². The van der Waals surface area contributed by atoms with E-state index in [1.165, 1.54) is 13.2 Å². The Morgan fingerprint density at radius 2 is 1.81 bits per heavy atom. The third-order valence-corrected chi connectivity index (χ3v) is 4.81. The topological polar surface area (TPSA) is 86.7 Å². The predicted octanol–water partition coefficient (Wildman–Crippen LogP) is 2.46. The Bertz CT molecular complexity index is 963. The van der Waals surface area contributed by atoms with Crippen LogP contribution in [0.25, 0.3) is 0 Å². The van der Waals surface area contributed by atoms with Gasteiger partial charge in [0.2, 0.25) is 0 Å². The largest absolute Gasteiger partial charge is 0.469 e. The monoisotopic (exact) mass is 374 g/mol. The summed E-state index contributed by atoms with van der Waals surface area (Å²) >= 11 is 0. The lowest BCUT2D eigenvalue weighted by Gasteiger charge is -2.14. The molecule has 2 aromatic rings. The molecule has 0 aromatic heterocycles. The molecular formula is C19H18O6S. The molecule has 0 radical (unpaired) electrons. The molecule has 1 unspecified atom stereocenters. The molecule has 0 fully saturated rings. The van der Waals surface area contributed by atoms with Crippen LogP contribution in [0.15, 0.2) is 42.5 Å². The van der Waals surface area contributed by atoms with Gasteiger partial charge in [-0.1, -0.05) is 30.3 Å². The minimum Gasteiger partial charge on any atom is -0.469 e. The fourth-order valence-electron chi connectivity index (χ4n) is 3.18. The summed E-state index contributed by atoms with van der Waals surface area (Å²) in [6.45, 7) is 0. The van der Waals surface area contributed by atoms with E-state index < -0.39 is 22.0 Å². The number of rotatable bonds is 5. The van der Waals surface area contributed by atoms with Gasteiger partial charge < -0.3 is 8.92 Å². The first-order valence-electron chi connectivity index (χ1n) is 8.04. The van der Waals surface area contributed by atoms with Crippen molar-refractivity contribution in [2.75, 3.05) is 13.4 Å². The summed E-state index contributed by atoms with van der Waals surface area (Å²) in [5, 5.41) is 0. The number of benzene rings is 2. The first-order valence-corrected chi connectivity index (χ1v) is 9.85. The summed E-state index contributed by atoms with van der Waals surface area (Å²) in [6, 6.07) is 11.6. The van der Waals surface area contributed by atoms with E-state index in [2.05, 4.69) is 0 Å². The van der Waals surface area contributed by atoms with Gasteiger partial charge in [0, 0.05) is 5.56 Å². The molecule has 6 nitrogen and oxygen atoms in total. The van der Waals surface area contributed by atoms with Crippen LogP contribution in [0.5, 0.6) is 5.75 Å². The molecule has 1 aliphatic carbocycles. The number of carbonyl (C=O) groups excluding carboxylic acids is 2. The Morgan fingerprint density at radius 3 is 2.42 bits per heavy atom. The lowest BCUT2D eigenvalue weighted by molar-refractivity contribution is -0.142. The van der Waals surface area contributed by atoms with E-state index in [0.717, 1.165) is 11.8 Å². The number of carbonyl (C=O) groups is 2. The van der Waals surface area contributed by atoms with Crippen LogP contribution in [0.4, 0.5) is 0 Å². The van der Waals surface area contributed by atoms with Crippen molar-refractivity contribution in [3.63, 3.8) is 0 Å². The maximum atomic E-state index is 12.9. The molecule has 0 saturated heterocycles. The maximum absolute atomic E-state index is 12.9. The number of ether oxygens (including phenoxy) is 1. The van der Waals surface area contributed by atoms with Crippen LogP contribution in [-0.2, 0) is 26.1 Å². The van der Waals surface area contributed by atoms with Crippen LogP contribution < -0.4 is 4.18 Å². The molecule has 0 N–H and O–H groups in total. The van der Waals surface area contributed by atoms with E-state index in [-0.39, 0.29) is 17.1 Å². The number of aryl methyl sites for hydroxylation is 1. The highest BCUT2D eigenvalue weighted by molar-refractivity contribution is 7.86. The van der Waals surface area contributed by atoms with E-state index in [4.69, 9.17) is 8.92 Å². The van der Waals surface area contributed by atoms with Crippen molar-refractivity contribution in [1.82, 2.24) is 0 Å². The Hall–Kier alpha value is -2.67. The van der Waals surface area contributed by atoms with E-state index >= 15 is 0 Å². The van der Waals surface area contributed by atoms with Gasteiger partial charge in [0.05, 0.1) is 24.8 Å². The predicted molar refractivity (Wildman–Crippen MR) is 94.9 cm³/mol. The van der Waals surface area contributed by atoms with Crippen molar-refractivity contribution in [3.05, 3.63) is 64.7 Å². The lowest BCUT2D eigenvalue weighted by Crippen LogP contribution is -2.14. The summed E-state index contributed by atoms with van der Waals surface area (Å²) in [5.41, 5.74) is 2.04. The van der Waals surface area contributed by atoms with E-state index in [1.807, 2.05) is 0 Å². The third kappa shape index (κ3) is 3.62. The summed E-state index contributed by atoms with van der Waals surface area (Å²) in [7, 11) is -2.54. The average molecular weight is 374 g/mol. The van der Waals surface area contributed by atoms with Crippen LogP contribution in [0.2, 0.25) is 0 Å². The Labute approximate surface area is 151 Å². The molecule has 7 heteroatoms. The number of fused-ring (bicyclic) bond motifs is 1. The minimum atomic E-state index is -3.84. The minimum absolute atomic E-state index is 0.0732. The molecule has 0 spiro atoms. The van der Waals surface area contributed by atoms with Gasteiger partial charge in [-0.2, -0.15) is 8.42 Å². The second kappa shape index (κ2) is 6.92. The highest BCUT2D eigenvalue weighted by atomic mass is 32.2. The normalized spacial score (nSPS) is 16.0. The standard InChI is InChI=1S/C19H18O6S/c1-24-19(21)14-9-8-13-10-16(18(20)12-6-4-3-5-7-12)17(11-15(13)14)25-26(2,22)23/h3-7,10-11,14H,8-9H2,1-2H3. The van der Waals surface area contributed by atoms with E-state index in [0.29, 0.717) is 24.0 Å². The molecule has 3 rings (SSSR count). The highest BCUT2D eigenvalue weighted by Crippen LogP contribution is 2.39. The van der Waals surface area contributed by atoms with Crippen LogP contribution >= 0.6 is 0 Å². The number of esters is 1. The average Bonchev–Trinajstić information content (AvgIpc) is 3.02. The summed E-state index contributed by atoms with van der Waals surface area (Å²) in [4.78, 5) is 24.8. The Morgan fingerprint density at radius 1 is 1.12 bits per heavy atom. The van der Waals surface area contributed by atoms with Crippen molar-refractivity contribution in [2.45, 2.75) is 18.8 Å². The van der Waals surface area contributed by atoms with E-state index in [9.17, 15) is 18.0 Å². The van der Waals surface area contributed by atoms with Gasteiger partial charge in [-0.25, -0.2) is 0 Å². The number of methoxy groups -OCH3 is 1. The van der Waals surface area contributed by atoms with Crippen LogP contribution in [0.1, 0.15) is 39.4 Å². The van der Waals surface area contributed by atoms with Gasteiger partial charge >= 0.3 is 16.1 Å². The van der Waals surface area contributed by atoms with Crippen LogP contribution in [0, 0.1) is 0 Å². The van der Waals surface area contributed by atoms with Crippen molar-refractivity contribution < 1.29 is 26.9 Å². The Kier molecular flexibility index (Phi) is 4.82. The number of ketones is 1. The fraction of sp³-hybridized carbons (Fsp3) is 0.263. The van der Waals surface area contributed by atoms with Gasteiger partial charge in [-0.3, -0.25) is 9.59 Å². The highest BCUT2D eigenvalue weighted by Gasteiger charge is 2.32. The summed E-state index contributed by atoms with van der Waals surface area (Å²) in [6.07, 6.45) is 2.06. The van der Waals surface area contributed by atoms with Gasteiger partial charge in [0.1, 0.15) is 0 Å². The summed E-state index contributed by atoms with van der Waals surface area (Å²) < 4.78 is 33.2. The van der Waals surface area contributed by atoms with Crippen LogP contribution in [0.3, 0.4) is 0 Å². The molecule has 0 heterocycles. The smallest absolute Gasteiger partial charge is 0.313 e. The molecule has 0 amide bonds. The van der Waals surface area contributed by atoms with Crippen LogP contribution in [-0.4, -0.2) is 33.5 Å².